The van der Waals surface area contributed by atoms with Crippen molar-refractivity contribution in [3.8, 4) is 0 Å². The van der Waals surface area contributed by atoms with Crippen molar-refractivity contribution in [1.82, 2.24) is 4.90 Å². The van der Waals surface area contributed by atoms with Gasteiger partial charge in [-0.1, -0.05) is 18.5 Å². The van der Waals surface area contributed by atoms with Gasteiger partial charge in [0.25, 0.3) is 0 Å². The highest BCUT2D eigenvalue weighted by atomic mass is 35.5. The van der Waals surface area contributed by atoms with Gasteiger partial charge in [0.2, 0.25) is 0 Å². The van der Waals surface area contributed by atoms with Crippen molar-refractivity contribution in [2.45, 2.75) is 39.2 Å². The van der Waals surface area contributed by atoms with E-state index in [0.717, 1.165) is 31.0 Å². The topological polar surface area (TPSA) is 20.3 Å². The van der Waals surface area contributed by atoms with Crippen molar-refractivity contribution in [3.63, 3.8) is 0 Å². The predicted molar refractivity (Wildman–Crippen MR) is 79.8 cm³/mol. The molecular formula is C16H22ClNO. The predicted octanol–water partition coefficient (Wildman–Crippen LogP) is 4.03. The SMILES string of the molecule is CCCN(CC1CC1)C(C)C(=O)c1ccc(Cl)cc1. The van der Waals surface area contributed by atoms with Crippen LogP contribution in [0.5, 0.6) is 0 Å². The first kappa shape index (κ1) is 14.5. The van der Waals surface area contributed by atoms with Crippen LogP contribution in [0.1, 0.15) is 43.5 Å². The van der Waals surface area contributed by atoms with Crippen LogP contribution >= 0.6 is 11.6 Å². The largest absolute Gasteiger partial charge is 0.293 e. The van der Waals surface area contributed by atoms with E-state index >= 15 is 0 Å². The molecule has 0 heterocycles. The van der Waals surface area contributed by atoms with E-state index in [1.54, 1.807) is 12.1 Å². The summed E-state index contributed by atoms with van der Waals surface area (Å²) in [5.74, 6) is 1.01. The van der Waals surface area contributed by atoms with Gasteiger partial charge in [-0.3, -0.25) is 9.69 Å². The molecule has 2 nitrogen and oxygen atoms in total. The number of hydrogen-bond donors (Lipinski definition) is 0. The first-order chi connectivity index (χ1) is 9.11. The first-order valence-electron chi connectivity index (χ1n) is 7.15. The van der Waals surface area contributed by atoms with E-state index in [1.165, 1.54) is 12.8 Å². The number of halogens is 1. The molecule has 0 aromatic heterocycles. The zero-order valence-electron chi connectivity index (χ0n) is 11.7. The number of carbonyl (C=O) groups excluding carboxylic acids is 1. The maximum atomic E-state index is 12.5. The number of ketones is 1. The van der Waals surface area contributed by atoms with Gasteiger partial charge in [0.1, 0.15) is 0 Å². The summed E-state index contributed by atoms with van der Waals surface area (Å²) in [5, 5.41) is 0.674. The van der Waals surface area contributed by atoms with Gasteiger partial charge < -0.3 is 0 Å². The van der Waals surface area contributed by atoms with E-state index in [4.69, 9.17) is 11.6 Å². The van der Waals surface area contributed by atoms with Crippen molar-refractivity contribution in [2.24, 2.45) is 5.92 Å². The minimum Gasteiger partial charge on any atom is -0.293 e. The maximum absolute atomic E-state index is 12.5. The Morgan fingerprint density at radius 1 is 1.37 bits per heavy atom. The quantitative estimate of drug-likeness (QED) is 0.702. The summed E-state index contributed by atoms with van der Waals surface area (Å²) in [4.78, 5) is 14.8. The third-order valence-electron chi connectivity index (χ3n) is 3.76. The van der Waals surface area contributed by atoms with Crippen molar-refractivity contribution >= 4 is 17.4 Å². The second-order valence-electron chi connectivity index (χ2n) is 5.49. The number of rotatable bonds is 7. The minimum absolute atomic E-state index is 0.0401. The minimum atomic E-state index is -0.0401. The monoisotopic (exact) mass is 279 g/mol. The fourth-order valence-corrected chi connectivity index (χ4v) is 2.51. The molecule has 1 aliphatic rings. The van der Waals surface area contributed by atoms with Crippen LogP contribution < -0.4 is 0 Å². The smallest absolute Gasteiger partial charge is 0.179 e. The van der Waals surface area contributed by atoms with Crippen molar-refractivity contribution in [1.29, 1.82) is 0 Å². The van der Waals surface area contributed by atoms with Gasteiger partial charge >= 0.3 is 0 Å². The third kappa shape index (κ3) is 4.05. The Morgan fingerprint density at radius 3 is 2.53 bits per heavy atom. The Balaban J connectivity index is 2.04. The number of Topliss-reactive ketones (excluding diaryl/α,β-unsaturated/α-hetero) is 1. The van der Waals surface area contributed by atoms with Gasteiger partial charge in [-0.25, -0.2) is 0 Å². The first-order valence-corrected chi connectivity index (χ1v) is 7.53. The normalized spacial score (nSPS) is 16.6. The van der Waals surface area contributed by atoms with E-state index < -0.39 is 0 Å². The van der Waals surface area contributed by atoms with Gasteiger partial charge in [-0.15, -0.1) is 0 Å². The lowest BCUT2D eigenvalue weighted by atomic mass is 10.0. The molecule has 1 aromatic rings. The summed E-state index contributed by atoms with van der Waals surface area (Å²) in [6.45, 7) is 6.25. The fourth-order valence-electron chi connectivity index (χ4n) is 2.38. The van der Waals surface area contributed by atoms with Crippen LogP contribution in [0.3, 0.4) is 0 Å². The van der Waals surface area contributed by atoms with Gasteiger partial charge in [0.05, 0.1) is 6.04 Å². The van der Waals surface area contributed by atoms with E-state index in [1.807, 2.05) is 19.1 Å². The van der Waals surface area contributed by atoms with Crippen LogP contribution in [0.25, 0.3) is 0 Å². The lowest BCUT2D eigenvalue weighted by molar-refractivity contribution is 0.0831. The number of nitrogens with zero attached hydrogens (tertiary/aromatic N) is 1. The molecule has 0 aliphatic heterocycles. The van der Waals surface area contributed by atoms with Crippen molar-refractivity contribution in [3.05, 3.63) is 34.9 Å². The van der Waals surface area contributed by atoms with Gasteiger partial charge in [0.15, 0.2) is 5.78 Å². The maximum Gasteiger partial charge on any atom is 0.179 e. The summed E-state index contributed by atoms with van der Waals surface area (Å²) in [6, 6.07) is 7.17. The Morgan fingerprint density at radius 2 is 2.00 bits per heavy atom. The second-order valence-corrected chi connectivity index (χ2v) is 5.92. The Hall–Kier alpha value is -0.860. The molecule has 1 aromatic carbocycles. The molecule has 0 amide bonds. The van der Waals surface area contributed by atoms with Crippen LogP contribution in [0, 0.1) is 5.92 Å². The van der Waals surface area contributed by atoms with Gasteiger partial charge in [-0.05, 0) is 62.9 Å². The highest BCUT2D eigenvalue weighted by Crippen LogP contribution is 2.30. The highest BCUT2D eigenvalue weighted by molar-refractivity contribution is 6.30. The molecule has 104 valence electrons. The molecule has 3 heteroatoms. The van der Waals surface area contributed by atoms with Crippen molar-refractivity contribution < 1.29 is 4.79 Å². The highest BCUT2D eigenvalue weighted by Gasteiger charge is 2.29. The Bertz CT molecular complexity index is 425. The molecule has 1 saturated carbocycles. The molecule has 1 fully saturated rings. The van der Waals surface area contributed by atoms with Crippen molar-refractivity contribution in [2.75, 3.05) is 13.1 Å². The molecule has 0 saturated heterocycles. The number of hydrogen-bond acceptors (Lipinski definition) is 2. The molecule has 0 radical (unpaired) electrons. The molecule has 0 N–H and O–H groups in total. The molecule has 2 rings (SSSR count). The average Bonchev–Trinajstić information content (AvgIpc) is 3.21. The molecule has 0 spiro atoms. The van der Waals surface area contributed by atoms with Crippen LogP contribution in [0.4, 0.5) is 0 Å². The molecular weight excluding hydrogens is 258 g/mol. The van der Waals surface area contributed by atoms with Gasteiger partial charge in [0, 0.05) is 17.1 Å². The molecule has 1 aliphatic carbocycles. The molecule has 19 heavy (non-hydrogen) atoms. The van der Waals surface area contributed by atoms with Crippen LogP contribution in [0.15, 0.2) is 24.3 Å². The zero-order valence-corrected chi connectivity index (χ0v) is 12.5. The lowest BCUT2D eigenvalue weighted by Crippen LogP contribution is -2.40. The number of benzene rings is 1. The van der Waals surface area contributed by atoms with Crippen LogP contribution in [0.2, 0.25) is 5.02 Å². The van der Waals surface area contributed by atoms with Crippen LogP contribution in [-0.4, -0.2) is 29.8 Å². The summed E-state index contributed by atoms with van der Waals surface area (Å²) in [7, 11) is 0. The third-order valence-corrected chi connectivity index (χ3v) is 4.01. The second kappa shape index (κ2) is 6.53. The van der Waals surface area contributed by atoms with E-state index in [0.29, 0.717) is 5.02 Å². The van der Waals surface area contributed by atoms with E-state index in [2.05, 4.69) is 11.8 Å². The van der Waals surface area contributed by atoms with Crippen LogP contribution in [-0.2, 0) is 0 Å². The molecule has 1 unspecified atom stereocenters. The Kier molecular flexibility index (Phi) is 5.00. The molecule has 0 bridgehead atoms. The van der Waals surface area contributed by atoms with Gasteiger partial charge in [-0.2, -0.15) is 0 Å². The lowest BCUT2D eigenvalue weighted by Gasteiger charge is -2.27. The number of carbonyl (C=O) groups is 1. The molecule has 1 atom stereocenters. The summed E-state index contributed by atoms with van der Waals surface area (Å²) < 4.78 is 0. The Labute approximate surface area is 120 Å². The summed E-state index contributed by atoms with van der Waals surface area (Å²) in [6.07, 6.45) is 3.73. The van der Waals surface area contributed by atoms with E-state index in [9.17, 15) is 4.79 Å². The summed E-state index contributed by atoms with van der Waals surface area (Å²) in [5.41, 5.74) is 0.758. The standard InChI is InChI=1S/C16H22ClNO/c1-3-10-18(11-13-4-5-13)12(2)16(19)14-6-8-15(17)9-7-14/h6-9,12-13H,3-5,10-11H2,1-2H3. The summed E-state index contributed by atoms with van der Waals surface area (Å²) >= 11 is 5.86. The average molecular weight is 280 g/mol. The zero-order chi connectivity index (χ0) is 13.8. The fraction of sp³-hybridized carbons (Fsp3) is 0.562. The van der Waals surface area contributed by atoms with E-state index in [-0.39, 0.29) is 11.8 Å².